The van der Waals surface area contributed by atoms with Gasteiger partial charge in [-0.15, -0.1) is 0 Å². The van der Waals surface area contributed by atoms with Crippen molar-refractivity contribution < 1.29 is 9.59 Å². The van der Waals surface area contributed by atoms with E-state index in [0.29, 0.717) is 19.4 Å². The van der Waals surface area contributed by atoms with Crippen LogP contribution in [0.25, 0.3) is 0 Å². The van der Waals surface area contributed by atoms with E-state index in [9.17, 15) is 9.59 Å². The van der Waals surface area contributed by atoms with Crippen molar-refractivity contribution in [1.29, 1.82) is 0 Å². The molecule has 5 heteroatoms. The Morgan fingerprint density at radius 3 is 2.67 bits per heavy atom. The molecule has 0 aromatic carbocycles. The second kappa shape index (κ2) is 7.36. The first-order chi connectivity index (χ1) is 8.50. The highest BCUT2D eigenvalue weighted by molar-refractivity contribution is 5.79. The largest absolute Gasteiger partial charge is 0.356 e. The molecule has 0 spiro atoms. The van der Waals surface area contributed by atoms with Crippen molar-refractivity contribution in [3.05, 3.63) is 0 Å². The van der Waals surface area contributed by atoms with Gasteiger partial charge in [-0.2, -0.15) is 0 Å². The molecule has 0 bridgehead atoms. The zero-order valence-electron chi connectivity index (χ0n) is 11.4. The average Bonchev–Trinajstić information content (AvgIpc) is 2.33. The summed E-state index contributed by atoms with van der Waals surface area (Å²) < 4.78 is 0. The van der Waals surface area contributed by atoms with Gasteiger partial charge in [0.25, 0.3) is 0 Å². The van der Waals surface area contributed by atoms with Gasteiger partial charge in [0.05, 0.1) is 0 Å². The van der Waals surface area contributed by atoms with Gasteiger partial charge in [0.1, 0.15) is 0 Å². The zero-order chi connectivity index (χ0) is 13.5. The van der Waals surface area contributed by atoms with E-state index in [-0.39, 0.29) is 23.8 Å². The maximum atomic E-state index is 11.9. The number of nitrogens with one attached hydrogen (secondary N) is 1. The van der Waals surface area contributed by atoms with Gasteiger partial charge in [0.15, 0.2) is 0 Å². The van der Waals surface area contributed by atoms with Crippen molar-refractivity contribution in [2.45, 2.75) is 44.6 Å². The lowest BCUT2D eigenvalue weighted by molar-refractivity contribution is -0.129. The number of nitrogens with two attached hydrogens (primary N) is 1. The van der Waals surface area contributed by atoms with E-state index < -0.39 is 0 Å². The summed E-state index contributed by atoms with van der Waals surface area (Å²) in [4.78, 5) is 24.8. The summed E-state index contributed by atoms with van der Waals surface area (Å²) >= 11 is 0. The highest BCUT2D eigenvalue weighted by Gasteiger charge is 2.24. The maximum Gasteiger partial charge on any atom is 0.223 e. The lowest BCUT2D eigenvalue weighted by Crippen LogP contribution is -2.38. The number of amides is 2. The summed E-state index contributed by atoms with van der Waals surface area (Å²) in [5, 5.41) is 2.90. The molecule has 18 heavy (non-hydrogen) atoms. The predicted octanol–water partition coefficient (Wildman–Crippen LogP) is 0.489. The average molecular weight is 255 g/mol. The van der Waals surface area contributed by atoms with Crippen LogP contribution in [0.5, 0.6) is 0 Å². The van der Waals surface area contributed by atoms with E-state index in [2.05, 4.69) is 5.32 Å². The SMILES string of the molecule is CN(C)C(=O)CCCNC(=O)C1CCCC(N)C1. The molecule has 2 unspecified atom stereocenters. The van der Waals surface area contributed by atoms with Crippen molar-refractivity contribution >= 4 is 11.8 Å². The lowest BCUT2D eigenvalue weighted by Gasteiger charge is -2.25. The zero-order valence-corrected chi connectivity index (χ0v) is 11.4. The summed E-state index contributed by atoms with van der Waals surface area (Å²) in [5.41, 5.74) is 5.86. The molecule has 1 rings (SSSR count). The van der Waals surface area contributed by atoms with Crippen LogP contribution in [0.2, 0.25) is 0 Å². The van der Waals surface area contributed by atoms with Crippen molar-refractivity contribution in [1.82, 2.24) is 10.2 Å². The Bertz CT molecular complexity index is 292. The number of rotatable bonds is 5. The molecule has 1 saturated carbocycles. The van der Waals surface area contributed by atoms with Gasteiger partial charge >= 0.3 is 0 Å². The van der Waals surface area contributed by atoms with Crippen molar-refractivity contribution in [2.75, 3.05) is 20.6 Å². The Hall–Kier alpha value is -1.10. The molecule has 0 aromatic heterocycles. The van der Waals surface area contributed by atoms with Crippen LogP contribution in [0.1, 0.15) is 38.5 Å². The van der Waals surface area contributed by atoms with Crippen LogP contribution in [0, 0.1) is 5.92 Å². The maximum absolute atomic E-state index is 11.9. The van der Waals surface area contributed by atoms with E-state index in [1.165, 1.54) is 0 Å². The van der Waals surface area contributed by atoms with Crippen molar-refractivity contribution in [3.8, 4) is 0 Å². The van der Waals surface area contributed by atoms with Crippen LogP contribution in [-0.2, 0) is 9.59 Å². The van der Waals surface area contributed by atoms with Gasteiger partial charge in [-0.25, -0.2) is 0 Å². The fourth-order valence-corrected chi connectivity index (χ4v) is 2.28. The molecule has 1 aliphatic carbocycles. The van der Waals surface area contributed by atoms with E-state index in [4.69, 9.17) is 5.73 Å². The first kappa shape index (κ1) is 15.0. The molecule has 5 nitrogen and oxygen atoms in total. The minimum Gasteiger partial charge on any atom is -0.356 e. The highest BCUT2D eigenvalue weighted by Crippen LogP contribution is 2.22. The van der Waals surface area contributed by atoms with Crippen molar-refractivity contribution in [2.24, 2.45) is 11.7 Å². The number of nitrogens with zero attached hydrogens (tertiary/aromatic N) is 1. The first-order valence-corrected chi connectivity index (χ1v) is 6.74. The lowest BCUT2D eigenvalue weighted by atomic mass is 9.85. The molecule has 1 aliphatic rings. The van der Waals surface area contributed by atoms with Crippen molar-refractivity contribution in [3.63, 3.8) is 0 Å². The summed E-state index contributed by atoms with van der Waals surface area (Å²) in [6.07, 6.45) is 4.98. The summed E-state index contributed by atoms with van der Waals surface area (Å²) in [5.74, 6) is 0.268. The molecule has 104 valence electrons. The quantitative estimate of drug-likeness (QED) is 0.702. The molecule has 0 radical (unpaired) electrons. The Morgan fingerprint density at radius 2 is 2.06 bits per heavy atom. The monoisotopic (exact) mass is 255 g/mol. The third-order valence-electron chi connectivity index (χ3n) is 3.45. The molecule has 0 saturated heterocycles. The number of hydrogen-bond donors (Lipinski definition) is 2. The number of carbonyl (C=O) groups excluding carboxylic acids is 2. The molecular weight excluding hydrogens is 230 g/mol. The number of hydrogen-bond acceptors (Lipinski definition) is 3. The standard InChI is InChI=1S/C13H25N3O2/c1-16(2)12(17)7-4-8-15-13(18)10-5-3-6-11(14)9-10/h10-11H,3-9,14H2,1-2H3,(H,15,18). The van der Waals surface area contributed by atoms with Gasteiger partial charge in [0, 0.05) is 39.0 Å². The Morgan fingerprint density at radius 1 is 1.33 bits per heavy atom. The van der Waals surface area contributed by atoms with Gasteiger partial charge in [0.2, 0.25) is 11.8 Å². The smallest absolute Gasteiger partial charge is 0.223 e. The third-order valence-corrected chi connectivity index (χ3v) is 3.45. The third kappa shape index (κ3) is 5.04. The summed E-state index contributed by atoms with van der Waals surface area (Å²) in [7, 11) is 3.48. The summed E-state index contributed by atoms with van der Waals surface area (Å²) in [6, 6.07) is 0.171. The van der Waals surface area contributed by atoms with E-state index in [1.54, 1.807) is 19.0 Å². The fourth-order valence-electron chi connectivity index (χ4n) is 2.28. The van der Waals surface area contributed by atoms with E-state index in [0.717, 1.165) is 25.7 Å². The van der Waals surface area contributed by atoms with E-state index in [1.807, 2.05) is 0 Å². The predicted molar refractivity (Wildman–Crippen MR) is 70.9 cm³/mol. The second-order valence-corrected chi connectivity index (χ2v) is 5.31. The van der Waals surface area contributed by atoms with Gasteiger partial charge in [-0.3, -0.25) is 9.59 Å². The van der Waals surface area contributed by atoms with Crippen LogP contribution in [0.15, 0.2) is 0 Å². The van der Waals surface area contributed by atoms with Crippen LogP contribution in [0.3, 0.4) is 0 Å². The first-order valence-electron chi connectivity index (χ1n) is 6.74. The topological polar surface area (TPSA) is 75.4 Å². The van der Waals surface area contributed by atoms with Gasteiger partial charge in [-0.05, 0) is 25.7 Å². The van der Waals surface area contributed by atoms with E-state index >= 15 is 0 Å². The fraction of sp³-hybridized carbons (Fsp3) is 0.846. The minimum atomic E-state index is 0.0679. The van der Waals surface area contributed by atoms with Crippen LogP contribution < -0.4 is 11.1 Å². The minimum absolute atomic E-state index is 0.0679. The normalized spacial score (nSPS) is 23.5. The Balaban J connectivity index is 2.15. The Kier molecular flexibility index (Phi) is 6.12. The molecule has 0 heterocycles. The van der Waals surface area contributed by atoms with Crippen LogP contribution in [0.4, 0.5) is 0 Å². The van der Waals surface area contributed by atoms with Crippen LogP contribution >= 0.6 is 0 Å². The van der Waals surface area contributed by atoms with Gasteiger partial charge < -0.3 is 16.0 Å². The molecular formula is C13H25N3O2. The Labute approximate surface area is 109 Å². The molecule has 0 aliphatic heterocycles. The molecule has 3 N–H and O–H groups in total. The molecule has 2 amide bonds. The van der Waals surface area contributed by atoms with Crippen LogP contribution in [-0.4, -0.2) is 43.4 Å². The molecule has 2 atom stereocenters. The molecule has 0 aromatic rings. The second-order valence-electron chi connectivity index (χ2n) is 5.31. The highest BCUT2D eigenvalue weighted by atomic mass is 16.2. The molecule has 1 fully saturated rings. The van der Waals surface area contributed by atoms with Gasteiger partial charge in [-0.1, -0.05) is 6.42 Å². The number of carbonyl (C=O) groups is 2. The summed E-state index contributed by atoms with van der Waals surface area (Å²) in [6.45, 7) is 0.574.